The number of amides is 1. The first kappa shape index (κ1) is 22.7. The Morgan fingerprint density at radius 3 is 2.64 bits per heavy atom. The highest BCUT2D eigenvalue weighted by atomic mass is 35.5. The quantitative estimate of drug-likeness (QED) is 0.607. The number of hydrogen-bond acceptors (Lipinski definition) is 3. The number of aromatic nitrogens is 1. The molecule has 158 valence electrons. The molecule has 10 heteroatoms. The van der Waals surface area contributed by atoms with Crippen molar-refractivity contribution < 1.29 is 32.6 Å². The van der Waals surface area contributed by atoms with Crippen molar-refractivity contribution >= 4 is 23.3 Å². The summed E-state index contributed by atoms with van der Waals surface area (Å²) in [5, 5.41) is 2.93. The third kappa shape index (κ3) is 7.10. The van der Waals surface area contributed by atoms with Crippen LogP contribution in [-0.4, -0.2) is 57.9 Å². The van der Waals surface area contributed by atoms with E-state index in [-0.39, 0.29) is 17.0 Å². The molecule has 0 radical (unpaired) electrons. The van der Waals surface area contributed by atoms with Gasteiger partial charge in [-0.2, -0.15) is 13.2 Å². The minimum absolute atomic E-state index is 0.00729. The molecule has 3 N–H and O–H groups in total. The number of halogens is 4. The molecule has 1 aromatic rings. The zero-order valence-electron chi connectivity index (χ0n) is 16.2. The lowest BCUT2D eigenvalue weighted by Gasteiger charge is -2.28. The van der Waals surface area contributed by atoms with Gasteiger partial charge in [0.2, 0.25) is 0 Å². The van der Waals surface area contributed by atoms with E-state index in [1.807, 2.05) is 18.7 Å². The van der Waals surface area contributed by atoms with Gasteiger partial charge in [-0.3, -0.25) is 4.79 Å². The molecule has 0 unspecified atom stereocenters. The number of ether oxygens (including phenoxy) is 1. The third-order valence-corrected chi connectivity index (χ3v) is 4.78. The molecule has 2 heterocycles. The second kappa shape index (κ2) is 10.3. The molecule has 0 aromatic carbocycles. The van der Waals surface area contributed by atoms with Gasteiger partial charge in [0.25, 0.3) is 11.7 Å². The SMILES string of the molecule is CC(C)OCCCNC(=O)C[NH+]1CCN(c2[nH+]cc(C(F)(F)F)cc2Cl)CC1. The molecule has 0 aliphatic carbocycles. The summed E-state index contributed by atoms with van der Waals surface area (Å²) in [5.41, 5.74) is -0.805. The van der Waals surface area contributed by atoms with E-state index >= 15 is 0 Å². The van der Waals surface area contributed by atoms with E-state index in [1.165, 1.54) is 0 Å². The molecular formula is C18H28ClF3N4O2+2. The Hall–Kier alpha value is -1.58. The Balaban J connectivity index is 1.75. The Kier molecular flexibility index (Phi) is 8.33. The molecule has 1 amide bonds. The summed E-state index contributed by atoms with van der Waals surface area (Å²) in [4.78, 5) is 17.7. The van der Waals surface area contributed by atoms with Crippen molar-refractivity contribution in [1.82, 2.24) is 5.32 Å². The van der Waals surface area contributed by atoms with E-state index < -0.39 is 11.7 Å². The molecular weight excluding hydrogens is 397 g/mol. The van der Waals surface area contributed by atoms with Crippen LogP contribution in [0.5, 0.6) is 0 Å². The number of piperazine rings is 1. The van der Waals surface area contributed by atoms with Gasteiger partial charge in [0.05, 0.1) is 11.7 Å². The fraction of sp³-hybridized carbons (Fsp3) is 0.667. The van der Waals surface area contributed by atoms with Crippen molar-refractivity contribution in [3.8, 4) is 0 Å². The van der Waals surface area contributed by atoms with Crippen molar-refractivity contribution in [1.29, 1.82) is 0 Å². The average molecular weight is 425 g/mol. The van der Waals surface area contributed by atoms with Crippen LogP contribution in [0, 0.1) is 0 Å². The zero-order valence-corrected chi connectivity index (χ0v) is 16.9. The number of pyridine rings is 1. The van der Waals surface area contributed by atoms with Gasteiger partial charge in [0.1, 0.15) is 37.4 Å². The summed E-state index contributed by atoms with van der Waals surface area (Å²) < 4.78 is 43.6. The topological polar surface area (TPSA) is 60.1 Å². The first-order valence-corrected chi connectivity index (χ1v) is 9.80. The maximum Gasteiger partial charge on any atom is 0.419 e. The minimum atomic E-state index is -4.43. The van der Waals surface area contributed by atoms with Gasteiger partial charge in [0.15, 0.2) is 6.54 Å². The van der Waals surface area contributed by atoms with Gasteiger partial charge in [-0.05, 0) is 26.3 Å². The number of nitrogens with zero attached hydrogens (tertiary/aromatic N) is 1. The summed E-state index contributed by atoms with van der Waals surface area (Å²) in [6.07, 6.45) is -2.55. The van der Waals surface area contributed by atoms with Crippen LogP contribution >= 0.6 is 11.6 Å². The Bertz CT molecular complexity index is 650. The predicted octanol–water partition coefficient (Wildman–Crippen LogP) is 0.809. The maximum absolute atomic E-state index is 12.7. The molecule has 1 aromatic heterocycles. The van der Waals surface area contributed by atoms with Crippen LogP contribution in [0.3, 0.4) is 0 Å². The predicted molar refractivity (Wildman–Crippen MR) is 99.5 cm³/mol. The molecule has 1 fully saturated rings. The molecule has 0 bridgehead atoms. The number of rotatable bonds is 8. The van der Waals surface area contributed by atoms with Gasteiger partial charge in [-0.25, -0.2) is 9.88 Å². The molecule has 1 aliphatic heterocycles. The Morgan fingerprint density at radius 2 is 2.07 bits per heavy atom. The molecule has 28 heavy (non-hydrogen) atoms. The van der Waals surface area contributed by atoms with E-state index in [1.54, 1.807) is 0 Å². The van der Waals surface area contributed by atoms with Crippen LogP contribution in [-0.2, 0) is 15.7 Å². The van der Waals surface area contributed by atoms with Gasteiger partial charge in [-0.15, -0.1) is 0 Å². The fourth-order valence-electron chi connectivity index (χ4n) is 3.00. The van der Waals surface area contributed by atoms with E-state index in [2.05, 4.69) is 10.3 Å². The number of hydrogen-bond donors (Lipinski definition) is 2. The van der Waals surface area contributed by atoms with Crippen LogP contribution in [0.15, 0.2) is 12.3 Å². The highest BCUT2D eigenvalue weighted by molar-refractivity contribution is 6.32. The number of anilines is 1. The molecule has 1 aliphatic rings. The van der Waals surface area contributed by atoms with Crippen molar-refractivity contribution in [3.05, 3.63) is 22.8 Å². The summed E-state index contributed by atoms with van der Waals surface area (Å²) in [6, 6.07) is 0.934. The highest BCUT2D eigenvalue weighted by Gasteiger charge is 2.35. The summed E-state index contributed by atoms with van der Waals surface area (Å²) in [7, 11) is 0. The van der Waals surface area contributed by atoms with Gasteiger partial charge >= 0.3 is 6.18 Å². The molecule has 0 saturated carbocycles. The van der Waals surface area contributed by atoms with Crippen molar-refractivity contribution in [2.75, 3.05) is 50.8 Å². The first-order chi connectivity index (χ1) is 13.2. The van der Waals surface area contributed by atoms with Crippen LogP contribution in [0.2, 0.25) is 5.02 Å². The maximum atomic E-state index is 12.7. The smallest absolute Gasteiger partial charge is 0.379 e. The molecule has 2 rings (SSSR count). The molecule has 0 spiro atoms. The largest absolute Gasteiger partial charge is 0.419 e. The minimum Gasteiger partial charge on any atom is -0.379 e. The first-order valence-electron chi connectivity index (χ1n) is 9.42. The number of carbonyl (C=O) groups is 1. The number of alkyl halides is 3. The molecule has 1 saturated heterocycles. The van der Waals surface area contributed by atoms with Gasteiger partial charge < -0.3 is 15.0 Å². The highest BCUT2D eigenvalue weighted by Crippen LogP contribution is 2.31. The van der Waals surface area contributed by atoms with Crippen molar-refractivity contribution in [2.24, 2.45) is 0 Å². The van der Waals surface area contributed by atoms with Gasteiger partial charge in [0, 0.05) is 13.2 Å². The summed E-state index contributed by atoms with van der Waals surface area (Å²) in [5.74, 6) is 0.468. The lowest BCUT2D eigenvalue weighted by atomic mass is 10.2. The van der Waals surface area contributed by atoms with Crippen molar-refractivity contribution in [3.63, 3.8) is 0 Å². The zero-order chi connectivity index (χ0) is 20.7. The number of H-pyrrole nitrogens is 1. The second-order valence-electron chi connectivity index (χ2n) is 7.12. The Labute approximate surface area is 168 Å². The number of carbonyl (C=O) groups excluding carboxylic acids is 1. The lowest BCUT2D eigenvalue weighted by molar-refractivity contribution is -0.892. The molecule has 0 atom stereocenters. The monoisotopic (exact) mass is 424 g/mol. The van der Waals surface area contributed by atoms with E-state index in [0.29, 0.717) is 51.7 Å². The lowest BCUT2D eigenvalue weighted by Crippen LogP contribution is -3.16. The fourth-order valence-corrected chi connectivity index (χ4v) is 3.29. The van der Waals surface area contributed by atoms with Crippen molar-refractivity contribution in [2.45, 2.75) is 32.5 Å². The molecule has 6 nitrogen and oxygen atoms in total. The summed E-state index contributed by atoms with van der Waals surface area (Å²) in [6.45, 7) is 8.13. The van der Waals surface area contributed by atoms with E-state index in [4.69, 9.17) is 16.3 Å². The Morgan fingerprint density at radius 1 is 1.39 bits per heavy atom. The normalized spacial score (nSPS) is 15.9. The number of nitrogens with one attached hydrogen (secondary N) is 3. The second-order valence-corrected chi connectivity index (χ2v) is 7.53. The van der Waals surface area contributed by atoms with Crippen LogP contribution in [0.1, 0.15) is 25.8 Å². The average Bonchev–Trinajstić information content (AvgIpc) is 2.61. The number of aromatic amines is 1. The van der Waals surface area contributed by atoms with E-state index in [9.17, 15) is 18.0 Å². The van der Waals surface area contributed by atoms with Crippen LogP contribution in [0.4, 0.5) is 19.0 Å². The van der Waals surface area contributed by atoms with Crippen LogP contribution < -0.4 is 20.1 Å². The number of quaternary nitrogens is 1. The standard InChI is InChI=1S/C18H26ClF3N4O2/c1-13(2)28-9-3-4-23-16(27)12-25-5-7-26(8-6-25)17-15(19)10-14(11-24-17)18(20,21)22/h10-11,13H,3-9,12H2,1-2H3,(H,23,27)/p+2. The van der Waals surface area contributed by atoms with E-state index in [0.717, 1.165) is 23.6 Å². The summed E-state index contributed by atoms with van der Waals surface area (Å²) >= 11 is 6.04. The van der Waals surface area contributed by atoms with Crippen LogP contribution in [0.25, 0.3) is 0 Å². The van der Waals surface area contributed by atoms with Gasteiger partial charge in [-0.1, -0.05) is 11.6 Å². The third-order valence-electron chi connectivity index (χ3n) is 4.49.